The Morgan fingerprint density at radius 1 is 1.47 bits per heavy atom. The highest BCUT2D eigenvalue weighted by Crippen LogP contribution is 2.43. The molecular weight excluding hydrogens is 190 g/mol. The smallest absolute Gasteiger partial charge is 0.313 e. The zero-order chi connectivity index (χ0) is 10.7. The van der Waals surface area contributed by atoms with E-state index in [9.17, 15) is 4.79 Å². The van der Waals surface area contributed by atoms with Crippen LogP contribution < -0.4 is 5.32 Å². The lowest BCUT2D eigenvalue weighted by molar-refractivity contribution is -0.157. The van der Waals surface area contributed by atoms with E-state index in [-0.39, 0.29) is 11.4 Å². The third kappa shape index (κ3) is 1.89. The largest absolute Gasteiger partial charge is 0.466 e. The molecular formula is C12H21NO2. The van der Waals surface area contributed by atoms with Gasteiger partial charge >= 0.3 is 5.97 Å². The van der Waals surface area contributed by atoms with E-state index in [0.717, 1.165) is 19.5 Å². The van der Waals surface area contributed by atoms with E-state index in [2.05, 4.69) is 5.32 Å². The van der Waals surface area contributed by atoms with Crippen molar-refractivity contribution >= 4 is 5.97 Å². The maximum Gasteiger partial charge on any atom is 0.313 e. The summed E-state index contributed by atoms with van der Waals surface area (Å²) < 4.78 is 5.26. The van der Waals surface area contributed by atoms with Gasteiger partial charge in [-0.05, 0) is 32.2 Å². The van der Waals surface area contributed by atoms with Gasteiger partial charge in [0, 0.05) is 6.54 Å². The van der Waals surface area contributed by atoms with Crippen LogP contribution in [0.15, 0.2) is 0 Å². The lowest BCUT2D eigenvalue weighted by Crippen LogP contribution is -2.39. The Hall–Kier alpha value is -0.570. The van der Waals surface area contributed by atoms with Crippen molar-refractivity contribution in [3.63, 3.8) is 0 Å². The number of carbonyl (C=O) groups excluding carboxylic acids is 1. The molecule has 1 N–H and O–H groups in total. The molecule has 1 aliphatic heterocycles. The third-order valence-electron chi connectivity index (χ3n) is 3.97. The standard InChI is InChI=1S/C12H21NO2/c1-2-15-11(14)12-7-5-3-4-6-10(12)8-13-9-12/h10,13H,2-9H2,1H3. The first kappa shape index (κ1) is 10.9. The minimum absolute atomic E-state index is 0.0434. The van der Waals surface area contributed by atoms with E-state index in [1.165, 1.54) is 25.7 Å². The molecule has 1 aliphatic carbocycles. The van der Waals surface area contributed by atoms with Gasteiger partial charge in [-0.25, -0.2) is 0 Å². The highest BCUT2D eigenvalue weighted by molar-refractivity contribution is 5.78. The monoisotopic (exact) mass is 211 g/mol. The molecule has 86 valence electrons. The third-order valence-corrected chi connectivity index (χ3v) is 3.97. The molecule has 1 heterocycles. The van der Waals surface area contributed by atoms with Crippen molar-refractivity contribution in [3.05, 3.63) is 0 Å². The highest BCUT2D eigenvalue weighted by Gasteiger charge is 2.49. The van der Waals surface area contributed by atoms with Crippen molar-refractivity contribution in [2.45, 2.75) is 39.0 Å². The van der Waals surface area contributed by atoms with E-state index >= 15 is 0 Å². The lowest BCUT2D eigenvalue weighted by atomic mass is 9.74. The minimum atomic E-state index is -0.188. The van der Waals surface area contributed by atoms with Gasteiger partial charge in [0.1, 0.15) is 0 Å². The van der Waals surface area contributed by atoms with Gasteiger partial charge in [-0.3, -0.25) is 4.79 Å². The molecule has 1 saturated carbocycles. The van der Waals surface area contributed by atoms with Gasteiger partial charge in [0.25, 0.3) is 0 Å². The van der Waals surface area contributed by atoms with Crippen LogP contribution in [-0.4, -0.2) is 25.7 Å². The second-order valence-corrected chi connectivity index (χ2v) is 4.80. The fourth-order valence-corrected chi connectivity index (χ4v) is 3.10. The number of nitrogens with one attached hydrogen (secondary N) is 1. The lowest BCUT2D eigenvalue weighted by Gasteiger charge is -2.30. The second kappa shape index (κ2) is 4.52. The summed E-state index contributed by atoms with van der Waals surface area (Å²) in [6.45, 7) is 4.23. The molecule has 2 fully saturated rings. The Morgan fingerprint density at radius 3 is 3.13 bits per heavy atom. The first-order valence-corrected chi connectivity index (χ1v) is 6.17. The van der Waals surface area contributed by atoms with E-state index in [4.69, 9.17) is 4.74 Å². The normalized spacial score (nSPS) is 35.7. The summed E-state index contributed by atoms with van der Waals surface area (Å²) in [6.07, 6.45) is 5.93. The van der Waals surface area contributed by atoms with Crippen molar-refractivity contribution in [1.82, 2.24) is 5.32 Å². The highest BCUT2D eigenvalue weighted by atomic mass is 16.5. The molecule has 0 spiro atoms. The Bertz CT molecular complexity index is 242. The van der Waals surface area contributed by atoms with Gasteiger partial charge in [0.15, 0.2) is 0 Å². The van der Waals surface area contributed by atoms with Crippen molar-refractivity contribution in [2.75, 3.05) is 19.7 Å². The predicted octanol–water partition coefficient (Wildman–Crippen LogP) is 1.72. The van der Waals surface area contributed by atoms with Crippen LogP contribution >= 0.6 is 0 Å². The molecule has 0 aromatic heterocycles. The summed E-state index contributed by atoms with van der Waals surface area (Å²) >= 11 is 0. The summed E-state index contributed by atoms with van der Waals surface area (Å²) in [5.74, 6) is 0.556. The first-order chi connectivity index (χ1) is 7.29. The fraction of sp³-hybridized carbons (Fsp3) is 0.917. The molecule has 2 aliphatic rings. The number of esters is 1. The molecule has 0 aromatic carbocycles. The summed E-state index contributed by atoms with van der Waals surface area (Å²) in [5.41, 5.74) is -0.188. The summed E-state index contributed by atoms with van der Waals surface area (Å²) in [5, 5.41) is 3.37. The van der Waals surface area contributed by atoms with Gasteiger partial charge < -0.3 is 10.1 Å². The summed E-state index contributed by atoms with van der Waals surface area (Å²) in [7, 11) is 0. The number of hydrogen-bond donors (Lipinski definition) is 1. The maximum atomic E-state index is 12.1. The van der Waals surface area contributed by atoms with Crippen LogP contribution in [0.25, 0.3) is 0 Å². The van der Waals surface area contributed by atoms with Gasteiger partial charge in [0.2, 0.25) is 0 Å². The molecule has 0 aromatic rings. The number of ether oxygens (including phenoxy) is 1. The molecule has 15 heavy (non-hydrogen) atoms. The number of carbonyl (C=O) groups is 1. The van der Waals surface area contributed by atoms with Crippen molar-refractivity contribution in [1.29, 1.82) is 0 Å². The Balaban J connectivity index is 2.15. The van der Waals surface area contributed by atoms with E-state index < -0.39 is 0 Å². The average Bonchev–Trinajstić information content (AvgIpc) is 2.53. The van der Waals surface area contributed by atoms with Crippen LogP contribution in [0.2, 0.25) is 0 Å². The predicted molar refractivity (Wildman–Crippen MR) is 58.5 cm³/mol. The Labute approximate surface area is 91.6 Å². The molecule has 2 atom stereocenters. The van der Waals surface area contributed by atoms with Gasteiger partial charge in [0.05, 0.1) is 12.0 Å². The molecule has 3 heteroatoms. The second-order valence-electron chi connectivity index (χ2n) is 4.80. The Morgan fingerprint density at radius 2 is 2.33 bits per heavy atom. The van der Waals surface area contributed by atoms with Crippen LogP contribution in [0.3, 0.4) is 0 Å². The van der Waals surface area contributed by atoms with E-state index in [1.807, 2.05) is 6.92 Å². The SMILES string of the molecule is CCOC(=O)C12CCCCCC1CNC2. The molecule has 0 amide bonds. The topological polar surface area (TPSA) is 38.3 Å². The van der Waals surface area contributed by atoms with Crippen molar-refractivity contribution < 1.29 is 9.53 Å². The van der Waals surface area contributed by atoms with Crippen LogP contribution in [0.4, 0.5) is 0 Å². The summed E-state index contributed by atoms with van der Waals surface area (Å²) in [4.78, 5) is 12.1. The minimum Gasteiger partial charge on any atom is -0.466 e. The van der Waals surface area contributed by atoms with Gasteiger partial charge in [-0.2, -0.15) is 0 Å². The van der Waals surface area contributed by atoms with Crippen LogP contribution in [-0.2, 0) is 9.53 Å². The Kier molecular flexibility index (Phi) is 3.29. The molecule has 0 bridgehead atoms. The number of hydrogen-bond acceptors (Lipinski definition) is 3. The van der Waals surface area contributed by atoms with Crippen LogP contribution in [0, 0.1) is 11.3 Å². The van der Waals surface area contributed by atoms with E-state index in [0.29, 0.717) is 12.5 Å². The quantitative estimate of drug-likeness (QED) is 0.707. The maximum absolute atomic E-state index is 12.1. The van der Waals surface area contributed by atoms with Gasteiger partial charge in [-0.1, -0.05) is 19.3 Å². The average molecular weight is 211 g/mol. The molecule has 0 radical (unpaired) electrons. The van der Waals surface area contributed by atoms with Crippen molar-refractivity contribution in [3.8, 4) is 0 Å². The molecule has 2 unspecified atom stereocenters. The summed E-state index contributed by atoms with van der Waals surface area (Å²) in [6, 6.07) is 0. The van der Waals surface area contributed by atoms with Crippen LogP contribution in [0.5, 0.6) is 0 Å². The first-order valence-electron chi connectivity index (χ1n) is 6.17. The molecule has 3 nitrogen and oxygen atoms in total. The van der Waals surface area contributed by atoms with E-state index in [1.54, 1.807) is 0 Å². The number of fused-ring (bicyclic) bond motifs is 1. The van der Waals surface area contributed by atoms with Crippen molar-refractivity contribution in [2.24, 2.45) is 11.3 Å². The molecule has 2 rings (SSSR count). The fourth-order valence-electron chi connectivity index (χ4n) is 3.10. The molecule has 1 saturated heterocycles. The zero-order valence-corrected chi connectivity index (χ0v) is 9.55. The van der Waals surface area contributed by atoms with Gasteiger partial charge in [-0.15, -0.1) is 0 Å². The number of rotatable bonds is 2. The van der Waals surface area contributed by atoms with Crippen LogP contribution in [0.1, 0.15) is 39.0 Å². The zero-order valence-electron chi connectivity index (χ0n) is 9.55.